The number of amides is 2. The number of morpholine rings is 1. The van der Waals surface area contributed by atoms with Gasteiger partial charge in [0.1, 0.15) is 18.2 Å². The molecule has 1 aromatic heterocycles. The van der Waals surface area contributed by atoms with Crippen LogP contribution in [0.25, 0.3) is 11.1 Å². The van der Waals surface area contributed by atoms with Gasteiger partial charge in [0.25, 0.3) is 0 Å². The van der Waals surface area contributed by atoms with Gasteiger partial charge in [0, 0.05) is 38.3 Å². The number of nitrogens with zero attached hydrogens (tertiary/aromatic N) is 4. The molecular formula is C25H28FN5O4. The van der Waals surface area contributed by atoms with Gasteiger partial charge in [-0.1, -0.05) is 0 Å². The molecular weight excluding hydrogens is 453 g/mol. The van der Waals surface area contributed by atoms with Crippen molar-refractivity contribution in [3.05, 3.63) is 47.3 Å². The van der Waals surface area contributed by atoms with Gasteiger partial charge in [-0.05, 0) is 53.8 Å². The number of nitriles is 1. The van der Waals surface area contributed by atoms with Crippen molar-refractivity contribution in [3.63, 3.8) is 0 Å². The predicted octanol–water partition coefficient (Wildman–Crippen LogP) is 3.09. The average Bonchev–Trinajstić information content (AvgIpc) is 3.34. The van der Waals surface area contributed by atoms with Crippen molar-refractivity contribution in [1.82, 2.24) is 9.88 Å². The highest BCUT2D eigenvalue weighted by Gasteiger charge is 2.23. The Labute approximate surface area is 203 Å². The van der Waals surface area contributed by atoms with Gasteiger partial charge in [0.05, 0.1) is 31.6 Å². The Morgan fingerprint density at radius 1 is 1.31 bits per heavy atom. The van der Waals surface area contributed by atoms with Crippen molar-refractivity contribution in [2.45, 2.75) is 13.3 Å². The fourth-order valence-corrected chi connectivity index (χ4v) is 4.16. The number of hydrogen-bond donors (Lipinski definition) is 2. The van der Waals surface area contributed by atoms with Crippen LogP contribution in [-0.4, -0.2) is 73.6 Å². The van der Waals surface area contributed by atoms with E-state index in [0.29, 0.717) is 63.1 Å². The second-order valence-corrected chi connectivity index (χ2v) is 8.40. The zero-order valence-corrected chi connectivity index (χ0v) is 19.6. The van der Waals surface area contributed by atoms with E-state index in [0.717, 1.165) is 16.7 Å². The Morgan fingerprint density at radius 2 is 2.11 bits per heavy atom. The summed E-state index contributed by atoms with van der Waals surface area (Å²) >= 11 is 0. The van der Waals surface area contributed by atoms with Gasteiger partial charge in [-0.25, -0.2) is 9.18 Å². The molecule has 3 heterocycles. The SMILES string of the molecule is Cc1cc(F)c(NC(=O)N2CC/C(=C/C#N)C2)cc1-c1cc(OCCO)nc(N2CCOCC2)c1. The molecule has 0 bridgehead atoms. The van der Waals surface area contributed by atoms with E-state index < -0.39 is 11.8 Å². The van der Waals surface area contributed by atoms with Gasteiger partial charge >= 0.3 is 6.03 Å². The first-order valence-corrected chi connectivity index (χ1v) is 11.5. The van der Waals surface area contributed by atoms with Crippen molar-refractivity contribution in [3.8, 4) is 23.1 Å². The van der Waals surface area contributed by atoms with Crippen molar-refractivity contribution in [1.29, 1.82) is 5.26 Å². The highest BCUT2D eigenvalue weighted by atomic mass is 19.1. The molecule has 2 amide bonds. The lowest BCUT2D eigenvalue weighted by Crippen LogP contribution is -2.36. The summed E-state index contributed by atoms with van der Waals surface area (Å²) < 4.78 is 25.9. The fourth-order valence-electron chi connectivity index (χ4n) is 4.16. The van der Waals surface area contributed by atoms with Crippen LogP contribution in [0, 0.1) is 24.1 Å². The lowest BCUT2D eigenvalue weighted by Gasteiger charge is -2.28. The smallest absolute Gasteiger partial charge is 0.322 e. The van der Waals surface area contributed by atoms with E-state index in [1.54, 1.807) is 24.0 Å². The van der Waals surface area contributed by atoms with Crippen molar-refractivity contribution >= 4 is 17.5 Å². The molecule has 0 saturated carbocycles. The summed E-state index contributed by atoms with van der Waals surface area (Å²) in [6, 6.07) is 8.21. The lowest BCUT2D eigenvalue weighted by atomic mass is 10.00. The zero-order chi connectivity index (χ0) is 24.8. The monoisotopic (exact) mass is 481 g/mol. The van der Waals surface area contributed by atoms with E-state index in [2.05, 4.69) is 15.2 Å². The first-order valence-electron chi connectivity index (χ1n) is 11.5. The van der Waals surface area contributed by atoms with Crippen LogP contribution >= 0.6 is 0 Å². The van der Waals surface area contributed by atoms with Gasteiger partial charge in [0.15, 0.2) is 0 Å². The van der Waals surface area contributed by atoms with Crippen molar-refractivity contribution in [2.75, 3.05) is 62.8 Å². The lowest BCUT2D eigenvalue weighted by molar-refractivity contribution is 0.122. The molecule has 0 spiro atoms. The van der Waals surface area contributed by atoms with E-state index in [-0.39, 0.29) is 18.9 Å². The number of likely N-dealkylation sites (tertiary alicyclic amines) is 1. The molecule has 184 valence electrons. The first-order chi connectivity index (χ1) is 17.0. The quantitative estimate of drug-likeness (QED) is 0.610. The number of aromatic nitrogens is 1. The van der Waals surface area contributed by atoms with Crippen LogP contribution < -0.4 is 15.0 Å². The van der Waals surface area contributed by atoms with Crippen LogP contribution in [0.15, 0.2) is 35.9 Å². The van der Waals surface area contributed by atoms with E-state index in [4.69, 9.17) is 14.7 Å². The number of carbonyl (C=O) groups is 1. The summed E-state index contributed by atoms with van der Waals surface area (Å²) in [6.45, 7) is 5.10. The molecule has 2 N–H and O–H groups in total. The number of carbonyl (C=O) groups excluding carboxylic acids is 1. The van der Waals surface area contributed by atoms with Crippen LogP contribution in [0.5, 0.6) is 5.88 Å². The Balaban J connectivity index is 1.64. The summed E-state index contributed by atoms with van der Waals surface area (Å²) in [6.07, 6.45) is 2.07. The predicted molar refractivity (Wildman–Crippen MR) is 129 cm³/mol. The molecule has 0 radical (unpaired) electrons. The van der Waals surface area contributed by atoms with Crippen molar-refractivity contribution < 1.29 is 23.8 Å². The number of anilines is 2. The summed E-state index contributed by atoms with van der Waals surface area (Å²) in [7, 11) is 0. The number of benzene rings is 1. The molecule has 2 aliphatic rings. The van der Waals surface area contributed by atoms with Gasteiger partial charge in [0.2, 0.25) is 5.88 Å². The molecule has 2 aliphatic heterocycles. The normalized spacial score (nSPS) is 16.9. The van der Waals surface area contributed by atoms with E-state index in [9.17, 15) is 14.3 Å². The minimum absolute atomic E-state index is 0.0656. The number of ether oxygens (including phenoxy) is 2. The second kappa shape index (κ2) is 11.2. The number of aryl methyl sites for hydroxylation is 1. The molecule has 0 aliphatic carbocycles. The van der Waals surface area contributed by atoms with Crippen LogP contribution in [0.4, 0.5) is 20.7 Å². The van der Waals surface area contributed by atoms with Gasteiger partial charge in [-0.3, -0.25) is 0 Å². The standard InChI is InChI=1S/C25H28FN5O4/c1-17-12-21(26)22(28-25(33)31-5-3-18(16-31)2-4-27)15-20(17)19-13-23(30-6-9-34-10-7-30)29-24(14-19)35-11-8-32/h2,12-15,32H,3,5-11,16H2,1H3,(H,28,33)/b18-2-. The fraction of sp³-hybridized carbons (Fsp3) is 0.400. The minimum atomic E-state index is -0.536. The maximum absolute atomic E-state index is 14.8. The minimum Gasteiger partial charge on any atom is -0.475 e. The van der Waals surface area contributed by atoms with E-state index in [1.165, 1.54) is 12.1 Å². The molecule has 9 nitrogen and oxygen atoms in total. The van der Waals surface area contributed by atoms with Crippen LogP contribution in [0.2, 0.25) is 0 Å². The number of urea groups is 1. The molecule has 35 heavy (non-hydrogen) atoms. The largest absolute Gasteiger partial charge is 0.475 e. The molecule has 10 heteroatoms. The average molecular weight is 482 g/mol. The Kier molecular flexibility index (Phi) is 7.80. The Bertz CT molecular complexity index is 1160. The molecule has 0 unspecified atom stereocenters. The van der Waals surface area contributed by atoms with Crippen molar-refractivity contribution in [2.24, 2.45) is 0 Å². The number of aliphatic hydroxyl groups excluding tert-OH is 1. The van der Waals surface area contributed by atoms with Gasteiger partial charge in [-0.2, -0.15) is 10.2 Å². The Hall–Kier alpha value is -3.68. The number of rotatable bonds is 6. The third-order valence-electron chi connectivity index (χ3n) is 5.98. The van der Waals surface area contributed by atoms with Gasteiger partial charge < -0.3 is 29.7 Å². The zero-order valence-electron chi connectivity index (χ0n) is 19.6. The third-order valence-corrected chi connectivity index (χ3v) is 5.98. The van der Waals surface area contributed by atoms with Crippen LogP contribution in [0.1, 0.15) is 12.0 Å². The Morgan fingerprint density at radius 3 is 2.86 bits per heavy atom. The number of halogens is 1. The van der Waals surface area contributed by atoms with E-state index >= 15 is 0 Å². The highest BCUT2D eigenvalue weighted by Crippen LogP contribution is 2.33. The molecule has 2 fully saturated rings. The van der Waals surface area contributed by atoms with Crippen LogP contribution in [-0.2, 0) is 4.74 Å². The van der Waals surface area contributed by atoms with E-state index in [1.807, 2.05) is 12.1 Å². The number of pyridine rings is 1. The number of hydrogen-bond acceptors (Lipinski definition) is 7. The number of allylic oxidation sites excluding steroid dienone is 1. The number of nitrogens with one attached hydrogen (secondary N) is 1. The molecule has 2 saturated heterocycles. The third kappa shape index (κ3) is 5.88. The molecule has 4 rings (SSSR count). The summed E-state index contributed by atoms with van der Waals surface area (Å²) in [5, 5.41) is 20.7. The molecule has 0 atom stereocenters. The first kappa shape index (κ1) is 24.4. The maximum Gasteiger partial charge on any atom is 0.322 e. The van der Waals surface area contributed by atoms with Crippen LogP contribution in [0.3, 0.4) is 0 Å². The summed E-state index contributed by atoms with van der Waals surface area (Å²) in [4.78, 5) is 21.0. The maximum atomic E-state index is 14.8. The molecule has 2 aromatic rings. The van der Waals surface area contributed by atoms with Gasteiger partial charge in [-0.15, -0.1) is 0 Å². The summed E-state index contributed by atoms with van der Waals surface area (Å²) in [5.74, 6) is 0.508. The molecule has 1 aromatic carbocycles. The summed E-state index contributed by atoms with van der Waals surface area (Å²) in [5.41, 5.74) is 3.10. The highest BCUT2D eigenvalue weighted by molar-refractivity contribution is 5.91. The topological polar surface area (TPSA) is 111 Å². The second-order valence-electron chi connectivity index (χ2n) is 8.40. The number of aliphatic hydroxyl groups is 1.